The Morgan fingerprint density at radius 1 is 1.33 bits per heavy atom. The minimum absolute atomic E-state index is 0.149. The van der Waals surface area contributed by atoms with Gasteiger partial charge in [-0.3, -0.25) is 4.79 Å². The molecule has 0 amide bonds. The van der Waals surface area contributed by atoms with Crippen LogP contribution >= 0.6 is 15.9 Å². The van der Waals surface area contributed by atoms with Gasteiger partial charge in [0.2, 0.25) is 0 Å². The van der Waals surface area contributed by atoms with Crippen LogP contribution in [0, 0.1) is 0 Å². The van der Waals surface area contributed by atoms with Gasteiger partial charge in [0.05, 0.1) is 5.41 Å². The van der Waals surface area contributed by atoms with Crippen molar-refractivity contribution in [3.8, 4) is 0 Å². The number of hydrogen-bond acceptors (Lipinski definition) is 2. The zero-order valence-corrected chi connectivity index (χ0v) is 12.3. The second-order valence-electron chi connectivity index (χ2n) is 5.63. The number of aliphatic carboxylic acids is 1. The molecule has 0 spiro atoms. The molecular formula is C14H18BrNO2. The van der Waals surface area contributed by atoms with E-state index in [0.29, 0.717) is 12.8 Å². The average molecular weight is 312 g/mol. The van der Waals surface area contributed by atoms with Crippen LogP contribution in [0.1, 0.15) is 32.3 Å². The number of hydrogen-bond donors (Lipinski definition) is 2. The Kier molecular flexibility index (Phi) is 3.52. The van der Waals surface area contributed by atoms with Gasteiger partial charge in [-0.25, -0.2) is 0 Å². The van der Waals surface area contributed by atoms with Gasteiger partial charge in [-0.15, -0.1) is 0 Å². The van der Waals surface area contributed by atoms with E-state index in [1.807, 2.05) is 24.3 Å². The molecule has 2 N–H and O–H groups in total. The highest BCUT2D eigenvalue weighted by molar-refractivity contribution is 9.10. The highest BCUT2D eigenvalue weighted by Gasteiger charge is 2.46. The van der Waals surface area contributed by atoms with Crippen molar-refractivity contribution in [3.63, 3.8) is 0 Å². The molecule has 0 bridgehead atoms. The van der Waals surface area contributed by atoms with Crippen molar-refractivity contribution >= 4 is 21.9 Å². The van der Waals surface area contributed by atoms with E-state index in [2.05, 4.69) is 35.1 Å². The first-order chi connectivity index (χ1) is 8.36. The Balaban J connectivity index is 2.44. The number of carboxylic acid groups (broad SMARTS) is 1. The second kappa shape index (κ2) is 4.67. The van der Waals surface area contributed by atoms with E-state index in [9.17, 15) is 9.90 Å². The third kappa shape index (κ3) is 2.45. The fourth-order valence-corrected chi connectivity index (χ4v) is 3.11. The van der Waals surface area contributed by atoms with Gasteiger partial charge in [0, 0.05) is 10.0 Å². The Labute approximate surface area is 116 Å². The van der Waals surface area contributed by atoms with E-state index in [-0.39, 0.29) is 5.54 Å². The molecule has 0 saturated carbocycles. The van der Waals surface area contributed by atoms with E-state index in [1.165, 1.54) is 0 Å². The summed E-state index contributed by atoms with van der Waals surface area (Å²) < 4.78 is 0.972. The van der Waals surface area contributed by atoms with Crippen LogP contribution in [0.5, 0.6) is 0 Å². The van der Waals surface area contributed by atoms with Crippen LogP contribution in [-0.2, 0) is 10.2 Å². The molecule has 1 aliphatic rings. The number of carbonyl (C=O) groups is 1. The summed E-state index contributed by atoms with van der Waals surface area (Å²) in [5, 5.41) is 13.1. The van der Waals surface area contributed by atoms with Crippen molar-refractivity contribution in [3.05, 3.63) is 34.3 Å². The van der Waals surface area contributed by atoms with Crippen molar-refractivity contribution < 1.29 is 9.90 Å². The van der Waals surface area contributed by atoms with Crippen molar-refractivity contribution in [1.29, 1.82) is 0 Å². The molecule has 3 nitrogen and oxygen atoms in total. The summed E-state index contributed by atoms with van der Waals surface area (Å²) in [6.45, 7) is 4.85. The predicted octanol–water partition coefficient (Wildman–Crippen LogP) is 2.93. The van der Waals surface area contributed by atoms with Gasteiger partial charge in [0.15, 0.2) is 0 Å². The van der Waals surface area contributed by atoms with Gasteiger partial charge in [-0.05, 0) is 50.9 Å². The van der Waals surface area contributed by atoms with Crippen LogP contribution in [0.3, 0.4) is 0 Å². The van der Waals surface area contributed by atoms with E-state index in [1.54, 1.807) is 0 Å². The number of rotatable bonds is 2. The minimum Gasteiger partial charge on any atom is -0.481 e. The van der Waals surface area contributed by atoms with Crippen LogP contribution < -0.4 is 5.32 Å². The molecule has 1 saturated heterocycles. The quantitative estimate of drug-likeness (QED) is 0.883. The number of halogens is 1. The molecule has 1 aliphatic heterocycles. The normalized spacial score (nSPS) is 26.8. The second-order valence-corrected chi connectivity index (χ2v) is 6.55. The summed E-state index contributed by atoms with van der Waals surface area (Å²) in [6.07, 6.45) is 1.24. The molecule has 4 heteroatoms. The number of piperidine rings is 1. The number of benzene rings is 1. The molecule has 0 aromatic heterocycles. The van der Waals surface area contributed by atoms with E-state index < -0.39 is 11.4 Å². The lowest BCUT2D eigenvalue weighted by Gasteiger charge is -2.43. The van der Waals surface area contributed by atoms with Crippen molar-refractivity contribution in [2.24, 2.45) is 0 Å². The fourth-order valence-electron chi connectivity index (χ4n) is 2.84. The maximum Gasteiger partial charge on any atom is 0.314 e. The minimum atomic E-state index is -0.768. The largest absolute Gasteiger partial charge is 0.481 e. The topological polar surface area (TPSA) is 49.3 Å². The molecular weight excluding hydrogens is 294 g/mol. The maximum atomic E-state index is 11.8. The lowest BCUT2D eigenvalue weighted by molar-refractivity contribution is -0.146. The monoisotopic (exact) mass is 311 g/mol. The lowest BCUT2D eigenvalue weighted by atomic mass is 9.67. The fraction of sp³-hybridized carbons (Fsp3) is 0.500. The molecule has 98 valence electrons. The molecule has 18 heavy (non-hydrogen) atoms. The van der Waals surface area contributed by atoms with Crippen molar-refractivity contribution in [2.45, 2.75) is 37.6 Å². The van der Waals surface area contributed by atoms with E-state index in [0.717, 1.165) is 16.6 Å². The van der Waals surface area contributed by atoms with Crippen molar-refractivity contribution in [2.75, 3.05) is 6.54 Å². The Hall–Kier alpha value is -0.870. The Morgan fingerprint density at radius 2 is 1.94 bits per heavy atom. The zero-order valence-electron chi connectivity index (χ0n) is 10.7. The summed E-state index contributed by atoms with van der Waals surface area (Å²) in [7, 11) is 0. The standard InChI is InChI=1S/C14H18BrNO2/c1-13(2)9-14(12(17)18,7-8-16-13)10-3-5-11(15)6-4-10/h3-6,16H,7-9H2,1-2H3,(H,17,18). The first kappa shape index (κ1) is 13.6. The number of nitrogens with one attached hydrogen (secondary N) is 1. The molecule has 1 heterocycles. The number of carboxylic acids is 1. The molecule has 1 fully saturated rings. The third-order valence-corrected chi connectivity index (χ3v) is 4.23. The lowest BCUT2D eigenvalue weighted by Crippen LogP contribution is -2.55. The summed E-state index contributed by atoms with van der Waals surface area (Å²) in [5.41, 5.74) is -0.0214. The molecule has 1 aromatic rings. The third-order valence-electron chi connectivity index (χ3n) is 3.71. The van der Waals surface area contributed by atoms with Crippen molar-refractivity contribution in [1.82, 2.24) is 5.32 Å². The van der Waals surface area contributed by atoms with Crippen LogP contribution in [0.25, 0.3) is 0 Å². The summed E-state index contributed by atoms with van der Waals surface area (Å²) in [4.78, 5) is 11.8. The van der Waals surface area contributed by atoms with Gasteiger partial charge < -0.3 is 10.4 Å². The first-order valence-corrected chi connectivity index (χ1v) is 6.90. The summed E-state index contributed by atoms with van der Waals surface area (Å²) in [5.74, 6) is -0.723. The maximum absolute atomic E-state index is 11.8. The van der Waals surface area contributed by atoms with Crippen LogP contribution in [0.2, 0.25) is 0 Å². The summed E-state index contributed by atoms with van der Waals surface area (Å²) >= 11 is 3.39. The molecule has 1 aromatic carbocycles. The van der Waals surface area contributed by atoms with Crippen LogP contribution in [0.15, 0.2) is 28.7 Å². The Morgan fingerprint density at radius 3 is 2.44 bits per heavy atom. The van der Waals surface area contributed by atoms with Gasteiger partial charge in [-0.1, -0.05) is 28.1 Å². The van der Waals surface area contributed by atoms with Gasteiger partial charge in [0.25, 0.3) is 0 Å². The average Bonchev–Trinajstić information content (AvgIpc) is 2.28. The highest BCUT2D eigenvalue weighted by Crippen LogP contribution is 2.39. The van der Waals surface area contributed by atoms with Gasteiger partial charge >= 0.3 is 5.97 Å². The molecule has 2 rings (SSSR count). The molecule has 0 aliphatic carbocycles. The van der Waals surface area contributed by atoms with Gasteiger partial charge in [-0.2, -0.15) is 0 Å². The SMILES string of the molecule is CC1(C)CC(C(=O)O)(c2ccc(Br)cc2)CCN1. The Bertz CT molecular complexity index is 455. The van der Waals surface area contributed by atoms with E-state index in [4.69, 9.17) is 0 Å². The molecule has 1 unspecified atom stereocenters. The smallest absolute Gasteiger partial charge is 0.314 e. The first-order valence-electron chi connectivity index (χ1n) is 6.10. The predicted molar refractivity (Wildman–Crippen MR) is 74.8 cm³/mol. The zero-order chi connectivity index (χ0) is 13.4. The van der Waals surface area contributed by atoms with Gasteiger partial charge in [0.1, 0.15) is 0 Å². The molecule has 0 radical (unpaired) electrons. The van der Waals surface area contributed by atoms with Crippen LogP contribution in [0.4, 0.5) is 0 Å². The summed E-state index contributed by atoms with van der Waals surface area (Å²) in [6, 6.07) is 7.66. The highest BCUT2D eigenvalue weighted by atomic mass is 79.9. The van der Waals surface area contributed by atoms with E-state index >= 15 is 0 Å². The van der Waals surface area contributed by atoms with Crippen LogP contribution in [-0.4, -0.2) is 23.2 Å². The molecule has 1 atom stereocenters.